The Morgan fingerprint density at radius 3 is 3.00 bits per heavy atom. The zero-order valence-corrected chi connectivity index (χ0v) is 12.0. The first kappa shape index (κ1) is 14.0. The van der Waals surface area contributed by atoms with Crippen LogP contribution in [0.1, 0.15) is 50.1 Å². The van der Waals surface area contributed by atoms with Crippen LogP contribution in [0.25, 0.3) is 0 Å². The minimum atomic E-state index is 0.0842. The van der Waals surface area contributed by atoms with Crippen LogP contribution in [-0.2, 0) is 13.0 Å². The van der Waals surface area contributed by atoms with E-state index in [1.807, 2.05) is 6.92 Å². The van der Waals surface area contributed by atoms with Crippen molar-refractivity contribution in [1.82, 2.24) is 30.5 Å². The maximum absolute atomic E-state index is 6.11. The predicted molar refractivity (Wildman–Crippen MR) is 73.8 cm³/mol. The lowest BCUT2D eigenvalue weighted by Crippen LogP contribution is -2.19. The molecule has 104 valence electrons. The van der Waals surface area contributed by atoms with E-state index < -0.39 is 0 Å². The van der Waals surface area contributed by atoms with E-state index in [-0.39, 0.29) is 6.04 Å². The molecule has 1 atom stereocenters. The molecule has 2 aromatic rings. The van der Waals surface area contributed by atoms with E-state index in [2.05, 4.69) is 37.4 Å². The number of hydrogen-bond acceptors (Lipinski definition) is 4. The van der Waals surface area contributed by atoms with Crippen molar-refractivity contribution in [2.24, 2.45) is 0 Å². The number of H-pyrrole nitrogens is 2. The van der Waals surface area contributed by atoms with Crippen LogP contribution in [-0.4, -0.2) is 25.1 Å². The first-order valence-corrected chi connectivity index (χ1v) is 6.90. The molecule has 0 fully saturated rings. The molecule has 19 heavy (non-hydrogen) atoms. The number of nitrogens with zero attached hydrogens (tertiary/aromatic N) is 3. The van der Waals surface area contributed by atoms with Crippen molar-refractivity contribution in [3.63, 3.8) is 0 Å². The van der Waals surface area contributed by atoms with Gasteiger partial charge in [0.1, 0.15) is 18.0 Å². The van der Waals surface area contributed by atoms with Gasteiger partial charge in [0.25, 0.3) is 0 Å². The first-order valence-electron chi connectivity index (χ1n) is 6.52. The third kappa shape index (κ3) is 3.78. The second-order valence-electron chi connectivity index (χ2n) is 4.53. The molecule has 2 heterocycles. The van der Waals surface area contributed by atoms with Gasteiger partial charge >= 0.3 is 0 Å². The Hall–Kier alpha value is -1.40. The summed E-state index contributed by atoms with van der Waals surface area (Å²) in [5.74, 6) is 1.76. The van der Waals surface area contributed by atoms with E-state index in [1.54, 1.807) is 0 Å². The fraction of sp³-hybridized carbons (Fsp3) is 0.583. The molecule has 3 N–H and O–H groups in total. The summed E-state index contributed by atoms with van der Waals surface area (Å²) in [5, 5.41) is 10.5. The molecule has 2 aromatic heterocycles. The Morgan fingerprint density at radius 1 is 1.47 bits per heavy atom. The minimum Gasteiger partial charge on any atom is -0.344 e. The molecule has 0 amide bonds. The van der Waals surface area contributed by atoms with E-state index >= 15 is 0 Å². The van der Waals surface area contributed by atoms with Crippen molar-refractivity contribution < 1.29 is 0 Å². The summed E-state index contributed by atoms with van der Waals surface area (Å²) in [5.41, 5.74) is 0.916. The lowest BCUT2D eigenvalue weighted by atomic mass is 10.2. The number of halogens is 1. The van der Waals surface area contributed by atoms with Crippen molar-refractivity contribution in [2.45, 2.75) is 45.7 Å². The highest BCUT2D eigenvalue weighted by Gasteiger charge is 2.11. The van der Waals surface area contributed by atoms with Gasteiger partial charge in [-0.15, -0.1) is 0 Å². The molecule has 7 heteroatoms. The van der Waals surface area contributed by atoms with E-state index in [0.29, 0.717) is 11.7 Å². The number of rotatable bonds is 7. The molecule has 0 aliphatic heterocycles. The summed E-state index contributed by atoms with van der Waals surface area (Å²) in [7, 11) is 0. The van der Waals surface area contributed by atoms with Gasteiger partial charge in [-0.1, -0.05) is 24.9 Å². The highest BCUT2D eigenvalue weighted by atomic mass is 35.5. The molecule has 6 nitrogen and oxygen atoms in total. The van der Waals surface area contributed by atoms with Gasteiger partial charge in [-0.3, -0.25) is 5.10 Å². The van der Waals surface area contributed by atoms with Gasteiger partial charge in [0.2, 0.25) is 0 Å². The number of imidazole rings is 1. The molecular formula is C12H19ClN6. The average Bonchev–Trinajstić information content (AvgIpc) is 3.03. The Balaban J connectivity index is 1.90. The van der Waals surface area contributed by atoms with Crippen LogP contribution in [0.15, 0.2) is 6.33 Å². The Bertz CT molecular complexity index is 492. The zero-order valence-electron chi connectivity index (χ0n) is 11.2. The summed E-state index contributed by atoms with van der Waals surface area (Å²) in [6, 6.07) is 0.0842. The van der Waals surface area contributed by atoms with Gasteiger partial charge in [-0.2, -0.15) is 5.10 Å². The lowest BCUT2D eigenvalue weighted by Gasteiger charge is -2.09. The Kier molecular flexibility index (Phi) is 4.93. The smallest absolute Gasteiger partial charge is 0.151 e. The van der Waals surface area contributed by atoms with Crippen molar-refractivity contribution in [3.05, 3.63) is 28.8 Å². The summed E-state index contributed by atoms with van der Waals surface area (Å²) in [4.78, 5) is 11.7. The van der Waals surface area contributed by atoms with E-state index in [0.717, 1.165) is 36.6 Å². The van der Waals surface area contributed by atoms with Crippen LogP contribution in [0, 0.1) is 0 Å². The minimum absolute atomic E-state index is 0.0842. The monoisotopic (exact) mass is 282 g/mol. The number of hydrogen-bond donors (Lipinski definition) is 3. The summed E-state index contributed by atoms with van der Waals surface area (Å²) in [6.45, 7) is 4.80. The second kappa shape index (κ2) is 6.68. The molecule has 1 unspecified atom stereocenters. The van der Waals surface area contributed by atoms with Gasteiger partial charge in [0, 0.05) is 13.0 Å². The second-order valence-corrected chi connectivity index (χ2v) is 4.89. The van der Waals surface area contributed by atoms with Gasteiger partial charge in [-0.25, -0.2) is 9.97 Å². The molecule has 0 spiro atoms. The number of aryl methyl sites for hydroxylation is 1. The molecular weight excluding hydrogens is 264 g/mol. The summed E-state index contributed by atoms with van der Waals surface area (Å²) < 4.78 is 0. The molecule has 0 aliphatic carbocycles. The SMILES string of the molecule is CCCCc1nc(Cl)c(CNC(C)c2ncn[nH]2)[nH]1. The van der Waals surface area contributed by atoms with Crippen molar-refractivity contribution in [3.8, 4) is 0 Å². The van der Waals surface area contributed by atoms with E-state index in [4.69, 9.17) is 11.6 Å². The fourth-order valence-corrected chi connectivity index (χ4v) is 2.01. The fourth-order valence-electron chi connectivity index (χ4n) is 1.79. The topological polar surface area (TPSA) is 82.3 Å². The third-order valence-electron chi connectivity index (χ3n) is 2.97. The van der Waals surface area contributed by atoms with Crippen molar-refractivity contribution in [1.29, 1.82) is 0 Å². The van der Waals surface area contributed by atoms with Gasteiger partial charge < -0.3 is 10.3 Å². The third-order valence-corrected chi connectivity index (χ3v) is 3.29. The van der Waals surface area contributed by atoms with Crippen LogP contribution >= 0.6 is 11.6 Å². The average molecular weight is 283 g/mol. The van der Waals surface area contributed by atoms with Gasteiger partial charge in [0.05, 0.1) is 11.7 Å². The first-order chi connectivity index (χ1) is 9.20. The molecule has 0 radical (unpaired) electrons. The van der Waals surface area contributed by atoms with Crippen LogP contribution in [0.2, 0.25) is 5.15 Å². The Morgan fingerprint density at radius 2 is 2.32 bits per heavy atom. The van der Waals surface area contributed by atoms with Gasteiger partial charge in [0.15, 0.2) is 5.15 Å². The van der Waals surface area contributed by atoms with Crippen molar-refractivity contribution >= 4 is 11.6 Å². The molecule has 2 rings (SSSR count). The van der Waals surface area contributed by atoms with Crippen LogP contribution in [0.3, 0.4) is 0 Å². The molecule has 0 bridgehead atoms. The molecule has 0 saturated carbocycles. The highest BCUT2D eigenvalue weighted by Crippen LogP contribution is 2.15. The predicted octanol–water partition coefficient (Wildman–Crippen LogP) is 2.37. The summed E-state index contributed by atoms with van der Waals surface area (Å²) >= 11 is 6.11. The number of aromatic amines is 2. The zero-order chi connectivity index (χ0) is 13.7. The largest absolute Gasteiger partial charge is 0.344 e. The summed E-state index contributed by atoms with van der Waals surface area (Å²) in [6.07, 6.45) is 4.70. The number of aromatic nitrogens is 5. The standard InChI is InChI=1S/C12H19ClN6/c1-3-4-5-10-17-9(11(13)18-10)6-14-8(2)12-15-7-16-19-12/h7-8,14H,3-6H2,1-2H3,(H,17,18)(H,15,16,19). The number of unbranched alkanes of at least 4 members (excludes halogenated alkanes) is 1. The molecule has 0 saturated heterocycles. The van der Waals surface area contributed by atoms with Crippen LogP contribution in [0.4, 0.5) is 0 Å². The number of nitrogens with one attached hydrogen (secondary N) is 3. The van der Waals surface area contributed by atoms with Crippen LogP contribution < -0.4 is 5.32 Å². The molecule has 0 aliphatic rings. The lowest BCUT2D eigenvalue weighted by molar-refractivity contribution is 0.543. The molecule has 0 aromatic carbocycles. The highest BCUT2D eigenvalue weighted by molar-refractivity contribution is 6.30. The van der Waals surface area contributed by atoms with E-state index in [9.17, 15) is 0 Å². The van der Waals surface area contributed by atoms with Gasteiger partial charge in [-0.05, 0) is 13.3 Å². The van der Waals surface area contributed by atoms with Crippen molar-refractivity contribution in [2.75, 3.05) is 0 Å². The Labute approximate surface area is 117 Å². The normalized spacial score (nSPS) is 12.8. The maximum atomic E-state index is 6.11. The van der Waals surface area contributed by atoms with Crippen LogP contribution in [0.5, 0.6) is 0 Å². The maximum Gasteiger partial charge on any atom is 0.151 e. The van der Waals surface area contributed by atoms with E-state index in [1.165, 1.54) is 6.33 Å². The quantitative estimate of drug-likeness (QED) is 0.728.